The Balaban J connectivity index is 1.66. The van der Waals surface area contributed by atoms with Crippen molar-refractivity contribution in [1.29, 1.82) is 0 Å². The number of rotatable bonds is 5. The minimum Gasteiger partial charge on any atom is -0.361 e. The van der Waals surface area contributed by atoms with Crippen molar-refractivity contribution in [3.05, 3.63) is 42.3 Å². The molecule has 4 aromatic heterocycles. The molecule has 1 saturated carbocycles. The second-order valence-electron chi connectivity index (χ2n) is 8.66. The van der Waals surface area contributed by atoms with Gasteiger partial charge >= 0.3 is 6.55 Å². The van der Waals surface area contributed by atoms with Gasteiger partial charge in [0.25, 0.3) is 0 Å². The summed E-state index contributed by atoms with van der Waals surface area (Å²) in [6, 6.07) is 1.95. The minimum atomic E-state index is -2.73. The number of hydrogen-bond acceptors (Lipinski definition) is 4. The fraction of sp³-hybridized carbons (Fsp3) is 0.435. The van der Waals surface area contributed by atoms with Crippen LogP contribution in [0.25, 0.3) is 33.3 Å². The third-order valence-corrected chi connectivity index (χ3v) is 6.35. The average Bonchev–Trinajstić information content (AvgIpc) is 3.46. The largest absolute Gasteiger partial charge is 0.361 e. The predicted molar refractivity (Wildman–Crippen MR) is 114 cm³/mol. The lowest BCUT2D eigenvalue weighted by Gasteiger charge is -2.30. The molecule has 32 heavy (non-hydrogen) atoms. The van der Waals surface area contributed by atoms with Crippen molar-refractivity contribution in [3.8, 4) is 22.3 Å². The Kier molecular flexibility index (Phi) is 5.06. The van der Waals surface area contributed by atoms with Crippen LogP contribution >= 0.6 is 0 Å². The van der Waals surface area contributed by atoms with Crippen LogP contribution in [0.2, 0.25) is 0 Å². The molecule has 6 nitrogen and oxygen atoms in total. The first-order valence-electron chi connectivity index (χ1n) is 10.8. The first-order chi connectivity index (χ1) is 15.3. The molecule has 0 atom stereocenters. The van der Waals surface area contributed by atoms with Crippen molar-refractivity contribution in [2.45, 2.75) is 64.7 Å². The van der Waals surface area contributed by atoms with Crippen LogP contribution in [-0.4, -0.2) is 30.2 Å². The molecule has 0 amide bonds. The van der Waals surface area contributed by atoms with Crippen molar-refractivity contribution in [3.63, 3.8) is 0 Å². The van der Waals surface area contributed by atoms with Crippen LogP contribution in [0.1, 0.15) is 50.1 Å². The van der Waals surface area contributed by atoms with Crippen LogP contribution in [0.3, 0.4) is 0 Å². The SMILES string of the molecule is Cc1noc(C)c1-c1cnc2c(-c3cnn(C(F)F)c3)cn(CC3(F)CCCCC3)c2c1. The highest BCUT2D eigenvalue weighted by atomic mass is 19.3. The van der Waals surface area contributed by atoms with Crippen molar-refractivity contribution < 1.29 is 17.7 Å². The zero-order valence-electron chi connectivity index (χ0n) is 18.0. The number of nitrogens with zero attached hydrogens (tertiary/aromatic N) is 5. The second-order valence-corrected chi connectivity index (χ2v) is 8.66. The van der Waals surface area contributed by atoms with Crippen LogP contribution in [-0.2, 0) is 6.54 Å². The lowest BCUT2D eigenvalue weighted by Crippen LogP contribution is -2.31. The van der Waals surface area contributed by atoms with Crippen molar-refractivity contribution >= 4 is 11.0 Å². The molecule has 0 radical (unpaired) electrons. The summed E-state index contributed by atoms with van der Waals surface area (Å²) in [5.74, 6) is 0.675. The van der Waals surface area contributed by atoms with Gasteiger partial charge in [-0.15, -0.1) is 0 Å². The highest BCUT2D eigenvalue weighted by Gasteiger charge is 2.33. The first-order valence-corrected chi connectivity index (χ1v) is 10.8. The van der Waals surface area contributed by atoms with E-state index in [-0.39, 0.29) is 6.54 Å². The normalized spacial score (nSPS) is 16.3. The van der Waals surface area contributed by atoms with Gasteiger partial charge in [0.2, 0.25) is 0 Å². The number of aromatic nitrogens is 5. The molecule has 5 rings (SSSR count). The van der Waals surface area contributed by atoms with Gasteiger partial charge in [-0.2, -0.15) is 13.9 Å². The quantitative estimate of drug-likeness (QED) is 0.366. The highest BCUT2D eigenvalue weighted by molar-refractivity contribution is 5.94. The molecule has 0 bridgehead atoms. The zero-order valence-corrected chi connectivity index (χ0v) is 18.0. The van der Waals surface area contributed by atoms with Crippen LogP contribution in [0.5, 0.6) is 0 Å². The van der Waals surface area contributed by atoms with Gasteiger partial charge in [-0.1, -0.05) is 24.4 Å². The summed E-state index contributed by atoms with van der Waals surface area (Å²) < 4.78 is 49.6. The van der Waals surface area contributed by atoms with E-state index < -0.39 is 12.2 Å². The Bertz CT molecular complexity index is 1250. The lowest BCUT2D eigenvalue weighted by molar-refractivity contribution is 0.0566. The van der Waals surface area contributed by atoms with Crippen LogP contribution in [0.4, 0.5) is 13.2 Å². The van der Waals surface area contributed by atoms with E-state index in [9.17, 15) is 8.78 Å². The Morgan fingerprint density at radius 1 is 1.09 bits per heavy atom. The van der Waals surface area contributed by atoms with Gasteiger partial charge < -0.3 is 9.09 Å². The van der Waals surface area contributed by atoms with E-state index in [1.54, 1.807) is 12.4 Å². The standard InChI is InChI=1S/C23H24F3N5O/c1-14-20(15(2)32-29-14)16-8-19-21(27-9-16)18(17-10-28-31(11-17)22(24)25)12-30(19)13-23(26)6-4-3-5-7-23/h8-12,22H,3-7,13H2,1-2H3. The topological polar surface area (TPSA) is 61.7 Å². The van der Waals surface area contributed by atoms with E-state index in [4.69, 9.17) is 4.52 Å². The fourth-order valence-corrected chi connectivity index (χ4v) is 4.77. The smallest absolute Gasteiger partial charge is 0.333 e. The molecular formula is C23H24F3N5O. The number of fused-ring (bicyclic) bond motifs is 1. The summed E-state index contributed by atoms with van der Waals surface area (Å²) in [5.41, 5.74) is 3.65. The number of pyridine rings is 1. The van der Waals surface area contributed by atoms with Crippen LogP contribution in [0, 0.1) is 13.8 Å². The Hall–Kier alpha value is -3.10. The van der Waals surface area contributed by atoms with Crippen molar-refractivity contribution in [2.75, 3.05) is 0 Å². The van der Waals surface area contributed by atoms with E-state index in [0.29, 0.717) is 39.9 Å². The van der Waals surface area contributed by atoms with Crippen molar-refractivity contribution in [1.82, 2.24) is 24.5 Å². The second kappa shape index (κ2) is 7.79. The van der Waals surface area contributed by atoms with Gasteiger partial charge in [-0.3, -0.25) is 4.98 Å². The van der Waals surface area contributed by atoms with Gasteiger partial charge in [0, 0.05) is 40.8 Å². The number of aryl methyl sites for hydroxylation is 2. The predicted octanol–water partition coefficient (Wildman–Crippen LogP) is 6.24. The highest BCUT2D eigenvalue weighted by Crippen LogP contribution is 2.38. The summed E-state index contributed by atoms with van der Waals surface area (Å²) >= 11 is 0. The van der Waals surface area contributed by atoms with Gasteiger partial charge in [0.05, 0.1) is 29.5 Å². The molecule has 168 valence electrons. The maximum atomic E-state index is 15.6. The summed E-state index contributed by atoms with van der Waals surface area (Å²) in [6.45, 7) is 1.16. The number of hydrogen-bond donors (Lipinski definition) is 0. The maximum absolute atomic E-state index is 15.6. The van der Waals surface area contributed by atoms with Crippen molar-refractivity contribution in [2.24, 2.45) is 0 Å². The molecule has 0 N–H and O–H groups in total. The molecule has 0 aliphatic heterocycles. The zero-order chi connectivity index (χ0) is 22.5. The molecule has 4 aromatic rings. The summed E-state index contributed by atoms with van der Waals surface area (Å²) in [5, 5.41) is 7.77. The molecular weight excluding hydrogens is 419 g/mol. The summed E-state index contributed by atoms with van der Waals surface area (Å²) in [6.07, 6.45) is 10.0. The van der Waals surface area contributed by atoms with Gasteiger partial charge in [-0.25, -0.2) is 9.07 Å². The van der Waals surface area contributed by atoms with E-state index >= 15 is 4.39 Å². The molecule has 1 aliphatic carbocycles. The van der Waals surface area contributed by atoms with Gasteiger partial charge in [0.1, 0.15) is 11.4 Å². The Morgan fingerprint density at radius 2 is 1.88 bits per heavy atom. The third-order valence-electron chi connectivity index (χ3n) is 6.35. The number of alkyl halides is 3. The van der Waals surface area contributed by atoms with Gasteiger partial charge in [0.15, 0.2) is 0 Å². The molecule has 0 aromatic carbocycles. The van der Waals surface area contributed by atoms with E-state index in [1.807, 2.05) is 24.5 Å². The van der Waals surface area contributed by atoms with E-state index in [0.717, 1.165) is 41.6 Å². The molecule has 0 saturated heterocycles. The van der Waals surface area contributed by atoms with Crippen LogP contribution < -0.4 is 0 Å². The molecule has 4 heterocycles. The molecule has 0 spiro atoms. The van der Waals surface area contributed by atoms with E-state index in [1.165, 1.54) is 12.4 Å². The van der Waals surface area contributed by atoms with E-state index in [2.05, 4.69) is 15.2 Å². The molecule has 0 unspecified atom stereocenters. The molecule has 9 heteroatoms. The average molecular weight is 443 g/mol. The number of halogens is 3. The Labute approximate surface area is 183 Å². The lowest BCUT2D eigenvalue weighted by atomic mass is 9.86. The minimum absolute atomic E-state index is 0.194. The summed E-state index contributed by atoms with van der Waals surface area (Å²) in [4.78, 5) is 4.65. The molecule has 1 fully saturated rings. The monoisotopic (exact) mass is 443 g/mol. The van der Waals surface area contributed by atoms with Crippen LogP contribution in [0.15, 0.2) is 35.4 Å². The first kappa shape index (κ1) is 20.8. The third kappa shape index (κ3) is 3.59. The Morgan fingerprint density at radius 3 is 2.53 bits per heavy atom. The van der Waals surface area contributed by atoms with Gasteiger partial charge in [-0.05, 0) is 32.8 Å². The maximum Gasteiger partial charge on any atom is 0.333 e. The summed E-state index contributed by atoms with van der Waals surface area (Å²) in [7, 11) is 0. The fourth-order valence-electron chi connectivity index (χ4n) is 4.77. The molecule has 1 aliphatic rings.